The molecule has 0 atom stereocenters. The van der Waals surface area contributed by atoms with Gasteiger partial charge in [0.05, 0.1) is 17.0 Å². The van der Waals surface area contributed by atoms with Crippen molar-refractivity contribution < 1.29 is 26.4 Å². The zero-order chi connectivity index (χ0) is 23.7. The highest BCUT2D eigenvalue weighted by molar-refractivity contribution is 7.92. The third-order valence-corrected chi connectivity index (χ3v) is 6.16. The molecule has 0 aliphatic carbocycles. The molecule has 0 aromatic heterocycles. The number of carbonyl (C=O) groups excluding carboxylic acids is 1. The van der Waals surface area contributed by atoms with Crippen molar-refractivity contribution in [3.05, 3.63) is 65.7 Å². The first-order valence-electron chi connectivity index (χ1n) is 9.97. The van der Waals surface area contributed by atoms with Gasteiger partial charge in [-0.25, -0.2) is 8.42 Å². The van der Waals surface area contributed by atoms with Crippen LogP contribution < -0.4 is 10.0 Å². The Morgan fingerprint density at radius 2 is 1.62 bits per heavy atom. The lowest BCUT2D eigenvalue weighted by Gasteiger charge is -2.15. The van der Waals surface area contributed by atoms with Crippen molar-refractivity contribution in [3.63, 3.8) is 0 Å². The van der Waals surface area contributed by atoms with Crippen molar-refractivity contribution in [1.82, 2.24) is 5.32 Å². The van der Waals surface area contributed by atoms with Crippen LogP contribution in [-0.4, -0.2) is 26.1 Å². The molecule has 0 saturated heterocycles. The van der Waals surface area contributed by atoms with E-state index < -0.39 is 21.8 Å². The van der Waals surface area contributed by atoms with E-state index in [-0.39, 0.29) is 23.4 Å². The van der Waals surface area contributed by atoms with Gasteiger partial charge < -0.3 is 5.32 Å². The molecule has 170 valence electrons. The Bertz CT molecular complexity index is 1250. The number of hydrogen-bond acceptors (Lipinski definition) is 3. The van der Waals surface area contributed by atoms with Gasteiger partial charge in [0, 0.05) is 17.0 Å². The molecule has 0 unspecified atom stereocenters. The van der Waals surface area contributed by atoms with Gasteiger partial charge in [0.2, 0.25) is 10.0 Å². The van der Waals surface area contributed by atoms with E-state index in [1.807, 2.05) is 13.8 Å². The zero-order valence-electron chi connectivity index (χ0n) is 17.7. The first-order valence-corrected chi connectivity index (χ1v) is 11.6. The molecule has 0 radical (unpaired) electrons. The summed E-state index contributed by atoms with van der Waals surface area (Å²) in [6.45, 7) is 5.15. The molecule has 0 fully saturated rings. The van der Waals surface area contributed by atoms with E-state index in [4.69, 9.17) is 0 Å². The van der Waals surface area contributed by atoms with Crippen LogP contribution in [0.25, 0.3) is 21.9 Å². The number of nitrogens with one attached hydrogen (secondary N) is 2. The van der Waals surface area contributed by atoms with Crippen LogP contribution in [0.3, 0.4) is 0 Å². The standard InChI is InChI=1S/C23H23F3N2O3S/c1-4-32(30,31)28-21-12-11-18(15-5-8-17(9-6-15)23(24,25)26)19-10-7-16(13-20(19)21)22(29)27-14(2)3/h5-14,28H,4H2,1-3H3,(H,27,29). The summed E-state index contributed by atoms with van der Waals surface area (Å²) in [5.41, 5.74) is 1.02. The molecule has 3 rings (SSSR count). The van der Waals surface area contributed by atoms with E-state index in [2.05, 4.69) is 10.0 Å². The Kier molecular flexibility index (Phi) is 6.50. The minimum absolute atomic E-state index is 0.0882. The minimum atomic E-state index is -4.44. The average Bonchev–Trinajstić information content (AvgIpc) is 2.72. The molecule has 0 bridgehead atoms. The molecular weight excluding hydrogens is 441 g/mol. The second-order valence-corrected chi connectivity index (χ2v) is 9.64. The molecule has 32 heavy (non-hydrogen) atoms. The number of carbonyl (C=O) groups is 1. The number of alkyl halides is 3. The number of sulfonamides is 1. The highest BCUT2D eigenvalue weighted by atomic mass is 32.2. The van der Waals surface area contributed by atoms with Gasteiger partial charge in [0.25, 0.3) is 5.91 Å². The summed E-state index contributed by atoms with van der Waals surface area (Å²) in [4.78, 5) is 12.5. The van der Waals surface area contributed by atoms with E-state index in [1.54, 1.807) is 30.3 Å². The van der Waals surface area contributed by atoms with Crippen LogP contribution in [0.4, 0.5) is 18.9 Å². The molecule has 9 heteroatoms. The monoisotopic (exact) mass is 464 g/mol. The Hall–Kier alpha value is -3.07. The molecular formula is C23H23F3N2O3S. The van der Waals surface area contributed by atoms with Crippen molar-refractivity contribution in [2.24, 2.45) is 0 Å². The number of amides is 1. The maximum Gasteiger partial charge on any atom is 0.416 e. The number of halogens is 3. The molecule has 0 saturated carbocycles. The van der Waals surface area contributed by atoms with Crippen LogP contribution in [0.2, 0.25) is 0 Å². The molecule has 0 aliphatic rings. The fourth-order valence-electron chi connectivity index (χ4n) is 3.25. The van der Waals surface area contributed by atoms with Crippen LogP contribution in [0.15, 0.2) is 54.6 Å². The SMILES string of the molecule is CCS(=O)(=O)Nc1ccc(-c2ccc(C(F)(F)F)cc2)c2ccc(C(=O)NC(C)C)cc12. The van der Waals surface area contributed by atoms with E-state index in [0.29, 0.717) is 27.5 Å². The Morgan fingerprint density at radius 3 is 2.19 bits per heavy atom. The predicted molar refractivity (Wildman–Crippen MR) is 120 cm³/mol. The normalized spacial score (nSPS) is 12.2. The maximum absolute atomic E-state index is 12.9. The number of benzene rings is 3. The molecule has 3 aromatic rings. The molecule has 0 spiro atoms. The van der Waals surface area contributed by atoms with Gasteiger partial charge in [0.1, 0.15) is 0 Å². The van der Waals surface area contributed by atoms with Crippen LogP contribution >= 0.6 is 0 Å². The highest BCUT2D eigenvalue weighted by Crippen LogP contribution is 2.36. The van der Waals surface area contributed by atoms with Crippen molar-refractivity contribution >= 4 is 32.4 Å². The topological polar surface area (TPSA) is 75.3 Å². The third-order valence-electron chi connectivity index (χ3n) is 4.87. The van der Waals surface area contributed by atoms with Gasteiger partial charge in [-0.1, -0.05) is 24.3 Å². The summed E-state index contributed by atoms with van der Waals surface area (Å²) in [7, 11) is -3.59. The van der Waals surface area contributed by atoms with Gasteiger partial charge in [-0.2, -0.15) is 13.2 Å². The Labute approximate surface area is 184 Å². The summed E-state index contributed by atoms with van der Waals surface area (Å²) in [6.07, 6.45) is -4.44. The predicted octanol–water partition coefficient (Wildman–Crippen LogP) is 5.43. The van der Waals surface area contributed by atoms with Gasteiger partial charge in [-0.3, -0.25) is 9.52 Å². The van der Waals surface area contributed by atoms with Crippen LogP contribution in [0.5, 0.6) is 0 Å². The van der Waals surface area contributed by atoms with Gasteiger partial charge in [0.15, 0.2) is 0 Å². The molecule has 5 nitrogen and oxygen atoms in total. The number of fused-ring (bicyclic) bond motifs is 1. The second kappa shape index (κ2) is 8.82. The smallest absolute Gasteiger partial charge is 0.350 e. The summed E-state index contributed by atoms with van der Waals surface area (Å²) in [5, 5.41) is 3.85. The highest BCUT2D eigenvalue weighted by Gasteiger charge is 2.30. The average molecular weight is 465 g/mol. The number of hydrogen-bond donors (Lipinski definition) is 2. The van der Waals surface area contributed by atoms with Crippen molar-refractivity contribution in [1.29, 1.82) is 0 Å². The summed E-state index contributed by atoms with van der Waals surface area (Å²) in [6, 6.07) is 12.7. The molecule has 0 heterocycles. The summed E-state index contributed by atoms with van der Waals surface area (Å²) in [5.74, 6) is -0.450. The lowest BCUT2D eigenvalue weighted by Crippen LogP contribution is -2.30. The molecule has 1 amide bonds. The number of anilines is 1. The molecule has 0 aliphatic heterocycles. The minimum Gasteiger partial charge on any atom is -0.350 e. The van der Waals surface area contributed by atoms with E-state index in [9.17, 15) is 26.4 Å². The largest absolute Gasteiger partial charge is 0.416 e. The first-order chi connectivity index (χ1) is 14.9. The van der Waals surface area contributed by atoms with Gasteiger partial charge >= 0.3 is 6.18 Å². The summed E-state index contributed by atoms with van der Waals surface area (Å²) < 4.78 is 65.6. The van der Waals surface area contributed by atoms with Crippen molar-refractivity contribution in [2.75, 3.05) is 10.5 Å². The first kappa shape index (κ1) is 23.6. The van der Waals surface area contributed by atoms with E-state index in [0.717, 1.165) is 12.1 Å². The quantitative estimate of drug-likeness (QED) is 0.511. The van der Waals surface area contributed by atoms with Crippen molar-refractivity contribution in [2.45, 2.75) is 33.0 Å². The Balaban J connectivity index is 2.18. The van der Waals surface area contributed by atoms with E-state index in [1.165, 1.54) is 19.1 Å². The molecule has 3 aromatic carbocycles. The maximum atomic E-state index is 12.9. The molecule has 2 N–H and O–H groups in total. The van der Waals surface area contributed by atoms with Gasteiger partial charge in [-0.15, -0.1) is 0 Å². The zero-order valence-corrected chi connectivity index (χ0v) is 18.6. The third kappa shape index (κ3) is 5.21. The number of rotatable bonds is 6. The van der Waals surface area contributed by atoms with Crippen LogP contribution in [-0.2, 0) is 16.2 Å². The Morgan fingerprint density at radius 1 is 0.969 bits per heavy atom. The van der Waals surface area contributed by atoms with Crippen LogP contribution in [0, 0.1) is 0 Å². The lowest BCUT2D eigenvalue weighted by atomic mass is 9.95. The lowest BCUT2D eigenvalue weighted by molar-refractivity contribution is -0.137. The van der Waals surface area contributed by atoms with Crippen molar-refractivity contribution in [3.8, 4) is 11.1 Å². The second-order valence-electron chi connectivity index (χ2n) is 7.63. The summed E-state index contributed by atoms with van der Waals surface area (Å²) >= 11 is 0. The fraction of sp³-hybridized carbons (Fsp3) is 0.261. The van der Waals surface area contributed by atoms with Crippen LogP contribution in [0.1, 0.15) is 36.7 Å². The van der Waals surface area contributed by atoms with Gasteiger partial charge in [-0.05, 0) is 67.6 Å². The fourth-order valence-corrected chi connectivity index (χ4v) is 3.91. The van der Waals surface area contributed by atoms with E-state index >= 15 is 0 Å².